The lowest BCUT2D eigenvalue weighted by Gasteiger charge is -2.20. The van der Waals surface area contributed by atoms with E-state index in [2.05, 4.69) is 25.6 Å². The molecular formula is C21H26N2O2. The average Bonchev–Trinajstić information content (AvgIpc) is 3.44. The van der Waals surface area contributed by atoms with E-state index < -0.39 is 0 Å². The highest BCUT2D eigenvalue weighted by molar-refractivity contribution is 5.68. The number of ether oxygens (including phenoxy) is 2. The first kappa shape index (κ1) is 17.4. The van der Waals surface area contributed by atoms with Crippen molar-refractivity contribution in [1.82, 2.24) is 0 Å². The van der Waals surface area contributed by atoms with Gasteiger partial charge >= 0.3 is 0 Å². The normalized spacial score (nSPS) is 13.4. The zero-order valence-electron chi connectivity index (χ0n) is 15.2. The third-order valence-corrected chi connectivity index (χ3v) is 4.70. The van der Waals surface area contributed by atoms with Crippen molar-refractivity contribution in [3.05, 3.63) is 59.7 Å². The van der Waals surface area contributed by atoms with Crippen LogP contribution in [0.3, 0.4) is 0 Å². The molecule has 0 amide bonds. The molecule has 0 aromatic heterocycles. The molecule has 2 aromatic rings. The molecule has 1 saturated carbocycles. The van der Waals surface area contributed by atoms with Crippen LogP contribution in [0.15, 0.2) is 43.0 Å². The summed E-state index contributed by atoms with van der Waals surface area (Å²) >= 11 is 0. The quantitative estimate of drug-likeness (QED) is 0.603. The van der Waals surface area contributed by atoms with Gasteiger partial charge in [0.1, 0.15) is 18.1 Å². The highest BCUT2D eigenvalue weighted by atomic mass is 16.5. The minimum absolute atomic E-state index is 0.393. The van der Waals surface area contributed by atoms with Crippen LogP contribution in [0, 0.1) is 12.8 Å². The highest BCUT2D eigenvalue weighted by Crippen LogP contribution is 2.41. The monoisotopic (exact) mass is 338 g/mol. The van der Waals surface area contributed by atoms with E-state index in [0.717, 1.165) is 28.3 Å². The maximum Gasteiger partial charge on any atom is 0.127 e. The van der Waals surface area contributed by atoms with Crippen molar-refractivity contribution in [1.29, 1.82) is 0 Å². The number of hydrogen-bond donors (Lipinski definition) is 1. The second kappa shape index (κ2) is 7.19. The van der Waals surface area contributed by atoms with E-state index in [1.807, 2.05) is 31.3 Å². The molecule has 1 aliphatic rings. The molecule has 0 heterocycles. The molecule has 25 heavy (non-hydrogen) atoms. The van der Waals surface area contributed by atoms with Crippen molar-refractivity contribution in [3.63, 3.8) is 0 Å². The van der Waals surface area contributed by atoms with E-state index in [0.29, 0.717) is 12.5 Å². The lowest BCUT2D eigenvalue weighted by Crippen LogP contribution is -2.26. The van der Waals surface area contributed by atoms with Gasteiger partial charge in [0.05, 0.1) is 18.4 Å². The van der Waals surface area contributed by atoms with E-state index >= 15 is 0 Å². The van der Waals surface area contributed by atoms with Crippen LogP contribution in [0.5, 0.6) is 11.5 Å². The van der Waals surface area contributed by atoms with E-state index in [4.69, 9.17) is 15.3 Å². The molecule has 2 N–H and O–H groups in total. The molecule has 3 rings (SSSR count). The van der Waals surface area contributed by atoms with E-state index in [1.54, 1.807) is 12.1 Å². The molecule has 0 radical (unpaired) electrons. The number of anilines is 1. The van der Waals surface area contributed by atoms with Gasteiger partial charge in [-0.2, -0.15) is 0 Å². The van der Waals surface area contributed by atoms with Crippen LogP contribution >= 0.6 is 0 Å². The van der Waals surface area contributed by atoms with Gasteiger partial charge in [-0.15, -0.1) is 0 Å². The number of nitrogens with two attached hydrogens (primary N) is 1. The summed E-state index contributed by atoms with van der Waals surface area (Å²) in [6.45, 7) is 6.69. The molecule has 0 spiro atoms. The zero-order chi connectivity index (χ0) is 18.0. The van der Waals surface area contributed by atoms with Crippen LogP contribution in [0.25, 0.3) is 5.57 Å². The Morgan fingerprint density at radius 2 is 2.00 bits per heavy atom. The van der Waals surface area contributed by atoms with Gasteiger partial charge in [0.25, 0.3) is 0 Å². The van der Waals surface area contributed by atoms with Crippen molar-refractivity contribution < 1.29 is 9.47 Å². The van der Waals surface area contributed by atoms with E-state index in [9.17, 15) is 0 Å². The van der Waals surface area contributed by atoms with Crippen molar-refractivity contribution >= 4 is 11.3 Å². The third-order valence-electron chi connectivity index (χ3n) is 4.70. The smallest absolute Gasteiger partial charge is 0.127 e. The molecule has 0 aliphatic heterocycles. The second-order valence-electron chi connectivity index (χ2n) is 6.64. The number of allylic oxidation sites excluding steroid dienone is 1. The van der Waals surface area contributed by atoms with Crippen LogP contribution in [0.2, 0.25) is 0 Å². The van der Waals surface area contributed by atoms with Gasteiger partial charge in [-0.05, 0) is 66.6 Å². The Kier molecular flexibility index (Phi) is 5.00. The van der Waals surface area contributed by atoms with Gasteiger partial charge in [0, 0.05) is 7.05 Å². The molecule has 2 aromatic carbocycles. The largest absolute Gasteiger partial charge is 0.496 e. The first-order chi connectivity index (χ1) is 12.0. The molecule has 1 aliphatic carbocycles. The van der Waals surface area contributed by atoms with Crippen molar-refractivity contribution in [2.75, 3.05) is 19.2 Å². The fraction of sp³-hybridized carbons (Fsp3) is 0.333. The highest BCUT2D eigenvalue weighted by Gasteiger charge is 2.25. The fourth-order valence-corrected chi connectivity index (χ4v) is 3.05. The number of hydrazine groups is 1. The Morgan fingerprint density at radius 1 is 1.24 bits per heavy atom. The molecule has 132 valence electrons. The summed E-state index contributed by atoms with van der Waals surface area (Å²) in [6, 6.07) is 12.1. The molecular weight excluding hydrogens is 312 g/mol. The molecule has 0 saturated heterocycles. The summed E-state index contributed by atoms with van der Waals surface area (Å²) in [5, 5.41) is 1.58. The Balaban J connectivity index is 1.79. The van der Waals surface area contributed by atoms with Crippen LogP contribution in [-0.2, 0) is 6.61 Å². The van der Waals surface area contributed by atoms with Crippen molar-refractivity contribution in [3.8, 4) is 11.5 Å². The molecule has 0 atom stereocenters. The number of methoxy groups -OCH3 is 1. The van der Waals surface area contributed by atoms with Gasteiger partial charge in [-0.25, -0.2) is 5.84 Å². The zero-order valence-corrected chi connectivity index (χ0v) is 15.2. The maximum absolute atomic E-state index is 6.08. The topological polar surface area (TPSA) is 47.7 Å². The van der Waals surface area contributed by atoms with E-state index in [1.165, 1.54) is 24.0 Å². The lowest BCUT2D eigenvalue weighted by molar-refractivity contribution is 0.295. The Labute approximate surface area is 149 Å². The summed E-state index contributed by atoms with van der Waals surface area (Å²) in [7, 11) is 3.46. The van der Waals surface area contributed by atoms with Crippen LogP contribution in [0.1, 0.15) is 29.5 Å². The van der Waals surface area contributed by atoms with Gasteiger partial charge in [0.15, 0.2) is 0 Å². The fourth-order valence-electron chi connectivity index (χ4n) is 3.05. The van der Waals surface area contributed by atoms with Crippen LogP contribution < -0.4 is 20.3 Å². The van der Waals surface area contributed by atoms with Gasteiger partial charge < -0.3 is 14.5 Å². The predicted octanol–water partition coefficient (Wildman–Crippen LogP) is 4.32. The molecule has 0 bridgehead atoms. The van der Waals surface area contributed by atoms with E-state index in [-0.39, 0.29) is 0 Å². The number of rotatable bonds is 7. The molecule has 4 nitrogen and oxygen atoms in total. The Bertz CT molecular complexity index is 779. The van der Waals surface area contributed by atoms with Crippen LogP contribution in [-0.4, -0.2) is 14.2 Å². The SMILES string of the molecule is C=C(c1ccc(OCc2c(OC)cccc2N(C)N)c(C)c1)C1CC1. The summed E-state index contributed by atoms with van der Waals surface area (Å²) < 4.78 is 11.5. The maximum atomic E-state index is 6.08. The summed E-state index contributed by atoms with van der Waals surface area (Å²) in [4.78, 5) is 0. The molecule has 1 fully saturated rings. The first-order valence-electron chi connectivity index (χ1n) is 8.58. The number of hydrogen-bond acceptors (Lipinski definition) is 4. The number of nitrogens with zero attached hydrogens (tertiary/aromatic N) is 1. The van der Waals surface area contributed by atoms with Crippen molar-refractivity contribution in [2.24, 2.45) is 11.8 Å². The minimum Gasteiger partial charge on any atom is -0.496 e. The number of benzene rings is 2. The van der Waals surface area contributed by atoms with Crippen LogP contribution in [0.4, 0.5) is 5.69 Å². The van der Waals surface area contributed by atoms with Gasteiger partial charge in [-0.1, -0.05) is 18.7 Å². The third kappa shape index (κ3) is 3.80. The number of aryl methyl sites for hydroxylation is 1. The van der Waals surface area contributed by atoms with Gasteiger partial charge in [-0.3, -0.25) is 0 Å². The molecule has 0 unspecified atom stereocenters. The summed E-state index contributed by atoms with van der Waals surface area (Å²) in [5.41, 5.74) is 5.38. The minimum atomic E-state index is 0.393. The predicted molar refractivity (Wildman–Crippen MR) is 103 cm³/mol. The average molecular weight is 338 g/mol. The summed E-state index contributed by atoms with van der Waals surface area (Å²) in [5.74, 6) is 8.24. The van der Waals surface area contributed by atoms with Gasteiger partial charge in [0.2, 0.25) is 0 Å². The Morgan fingerprint density at radius 3 is 2.60 bits per heavy atom. The second-order valence-corrected chi connectivity index (χ2v) is 6.64. The Hall–Kier alpha value is -2.46. The summed E-state index contributed by atoms with van der Waals surface area (Å²) in [6.07, 6.45) is 2.53. The molecule has 4 heteroatoms. The first-order valence-corrected chi connectivity index (χ1v) is 8.58. The standard InChI is InChI=1S/C21H26N2O2/c1-14-12-17(15(2)16-8-9-16)10-11-20(14)25-13-18-19(23(3)22)6-5-7-21(18)24-4/h5-7,10-12,16H,2,8-9,13,22H2,1,3-4H3. The van der Waals surface area contributed by atoms with Crippen molar-refractivity contribution in [2.45, 2.75) is 26.4 Å². The lowest BCUT2D eigenvalue weighted by atomic mass is 10.0.